The predicted octanol–water partition coefficient (Wildman–Crippen LogP) is 13.3. The number of nitrogens with zero attached hydrogens (tertiary/aromatic N) is 4. The number of piperidine rings is 2. The Morgan fingerprint density at radius 2 is 0.772 bits per heavy atom. The molecule has 79 heavy (non-hydrogen) atoms. The zero-order valence-electron chi connectivity index (χ0n) is 44.3. The van der Waals surface area contributed by atoms with E-state index >= 15 is 0 Å². The van der Waals surface area contributed by atoms with Crippen molar-refractivity contribution < 1.29 is 34.8 Å². The topological polar surface area (TPSA) is 138 Å². The molecule has 0 saturated carbocycles. The number of cyclic esters (lactones) is 2. The first kappa shape index (κ1) is 63.6. The van der Waals surface area contributed by atoms with Gasteiger partial charge >= 0.3 is 12.2 Å². The van der Waals surface area contributed by atoms with Crippen LogP contribution in [0.2, 0.25) is 20.1 Å². The molecule has 2 amide bonds. The van der Waals surface area contributed by atoms with Gasteiger partial charge < -0.3 is 44.8 Å². The lowest BCUT2D eigenvalue weighted by atomic mass is 9.76. The molecule has 0 radical (unpaired) electrons. The highest BCUT2D eigenvalue weighted by Crippen LogP contribution is 2.41. The molecule has 2 atom stereocenters. The number of ether oxygens (including phenoxy) is 2. The molecule has 4 aliphatic rings. The summed E-state index contributed by atoms with van der Waals surface area (Å²) in [6.07, 6.45) is 5.83. The minimum Gasteiger partial charge on any atom is -0.448 e. The second kappa shape index (κ2) is 28.9. The molecule has 2 unspecified atom stereocenters. The molecule has 424 valence electrons. The van der Waals surface area contributed by atoms with E-state index in [0.717, 1.165) is 124 Å². The SMILES string of the molecule is Cl.Cl.O.O=C1OCC(CCCN2CCC(O)(c3ccccc3)CC2)(c2ccc(Cl)c(Cl)c2)CN1Cc1ccccc1.O=C1OCC(CCCN2CCC(O)(c3ccccc3)CC2)(c2ccc(Cl)c(Cl)c2)CN1Cc1ccccc1. The van der Waals surface area contributed by atoms with Gasteiger partial charge in [0.1, 0.15) is 13.2 Å². The third-order valence-corrected chi connectivity index (χ3v) is 17.7. The van der Waals surface area contributed by atoms with E-state index in [4.69, 9.17) is 55.9 Å². The van der Waals surface area contributed by atoms with Crippen molar-refractivity contribution in [3.05, 3.63) is 211 Å². The fourth-order valence-corrected chi connectivity index (χ4v) is 12.2. The first-order chi connectivity index (χ1) is 36.7. The third kappa shape index (κ3) is 15.9. The van der Waals surface area contributed by atoms with Gasteiger partial charge in [-0.05, 0) is 122 Å². The molecule has 10 rings (SSSR count). The maximum absolute atomic E-state index is 12.8. The van der Waals surface area contributed by atoms with E-state index in [0.29, 0.717) is 59.5 Å². The summed E-state index contributed by atoms with van der Waals surface area (Å²) in [5, 5.41) is 24.4. The molecule has 4 fully saturated rings. The van der Waals surface area contributed by atoms with Crippen LogP contribution in [0.15, 0.2) is 158 Å². The smallest absolute Gasteiger partial charge is 0.410 e. The number of benzene rings is 6. The second-order valence-electron chi connectivity index (χ2n) is 21.3. The number of likely N-dealkylation sites (tertiary alicyclic amines) is 2. The lowest BCUT2D eigenvalue weighted by Crippen LogP contribution is -2.52. The van der Waals surface area contributed by atoms with E-state index in [1.54, 1.807) is 9.80 Å². The number of aliphatic hydroxyl groups is 2. The van der Waals surface area contributed by atoms with Crippen LogP contribution in [0.4, 0.5) is 9.59 Å². The number of hydrogen-bond donors (Lipinski definition) is 2. The Bertz CT molecular complexity index is 2670. The van der Waals surface area contributed by atoms with Gasteiger partial charge in [0.15, 0.2) is 0 Å². The highest BCUT2D eigenvalue weighted by Gasteiger charge is 2.44. The molecule has 0 bridgehead atoms. The molecule has 6 aromatic rings. The molecule has 4 aliphatic heterocycles. The van der Waals surface area contributed by atoms with E-state index in [-0.39, 0.29) is 42.5 Å². The van der Waals surface area contributed by atoms with E-state index in [1.165, 1.54) is 0 Å². The van der Waals surface area contributed by atoms with Gasteiger partial charge in [-0.25, -0.2) is 9.59 Å². The summed E-state index contributed by atoms with van der Waals surface area (Å²) in [4.78, 5) is 34.0. The first-order valence-electron chi connectivity index (χ1n) is 26.6. The van der Waals surface area contributed by atoms with Crippen molar-refractivity contribution in [2.75, 3.05) is 65.6 Å². The lowest BCUT2D eigenvalue weighted by molar-refractivity contribution is -0.0275. The number of rotatable bonds is 16. The average molecular weight is 1200 g/mol. The van der Waals surface area contributed by atoms with Crippen LogP contribution in [0.1, 0.15) is 84.7 Å². The van der Waals surface area contributed by atoms with Crippen molar-refractivity contribution in [3.63, 3.8) is 0 Å². The summed E-state index contributed by atoms with van der Waals surface area (Å²) in [5.41, 5.74) is 3.91. The van der Waals surface area contributed by atoms with Crippen molar-refractivity contribution in [1.82, 2.24) is 19.6 Å². The van der Waals surface area contributed by atoms with Gasteiger partial charge in [-0.2, -0.15) is 0 Å². The number of carbonyl (C=O) groups excluding carboxylic acids is 2. The van der Waals surface area contributed by atoms with Crippen LogP contribution in [-0.2, 0) is 44.6 Å². The molecule has 11 nitrogen and oxygen atoms in total. The molecule has 4 heterocycles. The second-order valence-corrected chi connectivity index (χ2v) is 22.9. The maximum Gasteiger partial charge on any atom is 0.410 e. The third-order valence-electron chi connectivity index (χ3n) is 16.2. The van der Waals surface area contributed by atoms with Gasteiger partial charge in [-0.15, -0.1) is 24.8 Å². The first-order valence-corrected chi connectivity index (χ1v) is 28.1. The molecule has 0 spiro atoms. The summed E-state index contributed by atoms with van der Waals surface area (Å²) < 4.78 is 11.6. The van der Waals surface area contributed by atoms with Crippen molar-refractivity contribution in [2.24, 2.45) is 0 Å². The highest BCUT2D eigenvalue weighted by atomic mass is 35.5. The summed E-state index contributed by atoms with van der Waals surface area (Å²) in [5.74, 6) is 0. The average Bonchev–Trinajstić information content (AvgIpc) is 3.47. The zero-order valence-corrected chi connectivity index (χ0v) is 49.0. The van der Waals surface area contributed by atoms with E-state index in [9.17, 15) is 19.8 Å². The molecule has 0 aliphatic carbocycles. The van der Waals surface area contributed by atoms with Gasteiger partial charge in [-0.3, -0.25) is 0 Å². The Labute approximate surface area is 497 Å². The Balaban J connectivity index is 0.000000246. The normalized spacial score (nSPS) is 20.9. The van der Waals surface area contributed by atoms with Crippen LogP contribution in [0, 0.1) is 0 Å². The molecule has 17 heteroatoms. The molecule has 0 aromatic heterocycles. The van der Waals surface area contributed by atoms with Crippen LogP contribution in [-0.4, -0.2) is 113 Å². The Morgan fingerprint density at radius 3 is 1.10 bits per heavy atom. The summed E-state index contributed by atoms with van der Waals surface area (Å²) in [7, 11) is 0. The fraction of sp³-hybridized carbons (Fsp3) is 0.387. The van der Waals surface area contributed by atoms with E-state index in [1.807, 2.05) is 158 Å². The monoisotopic (exact) mass is 1190 g/mol. The zero-order chi connectivity index (χ0) is 53.2. The largest absolute Gasteiger partial charge is 0.448 e. The van der Waals surface area contributed by atoms with Crippen LogP contribution in [0.3, 0.4) is 0 Å². The van der Waals surface area contributed by atoms with Gasteiger partial charge in [0.05, 0.1) is 31.3 Å². The Hall–Kier alpha value is -4.60. The lowest BCUT2D eigenvalue weighted by Gasteiger charge is -2.43. The summed E-state index contributed by atoms with van der Waals surface area (Å²) in [6.45, 7) is 7.92. The Kier molecular flexibility index (Phi) is 23.3. The molecule has 4 N–H and O–H groups in total. The molecule has 4 saturated heterocycles. The van der Waals surface area contributed by atoms with Gasteiger partial charge in [0, 0.05) is 63.2 Å². The van der Waals surface area contributed by atoms with Gasteiger partial charge in [0.25, 0.3) is 0 Å². The van der Waals surface area contributed by atoms with Crippen molar-refractivity contribution >= 4 is 83.4 Å². The van der Waals surface area contributed by atoms with Crippen LogP contribution < -0.4 is 0 Å². The van der Waals surface area contributed by atoms with Gasteiger partial charge in [0.2, 0.25) is 0 Å². The van der Waals surface area contributed by atoms with Crippen LogP contribution in [0.25, 0.3) is 0 Å². The maximum atomic E-state index is 12.8. The number of hydrogen-bond acceptors (Lipinski definition) is 8. The van der Waals surface area contributed by atoms with Crippen molar-refractivity contribution in [2.45, 2.75) is 86.5 Å². The molecule has 6 aromatic carbocycles. The summed E-state index contributed by atoms with van der Waals surface area (Å²) in [6, 6.07) is 51.4. The molecular weight excluding hydrogens is 1130 g/mol. The van der Waals surface area contributed by atoms with Crippen LogP contribution in [0.5, 0.6) is 0 Å². The number of halogens is 6. The standard InChI is InChI=1S/2C31H34Cl2N2O3.2ClH.H2O/c2*32-27-13-12-26(20-28(27)33)30(22-35(29(36)38-23-30)21-24-8-3-1-4-9-24)14-7-17-34-18-15-31(37,16-19-34)25-10-5-2-6-11-25;;;/h2*1-6,8-13,20,37H,7,14-19,21-23H2;2*1H;1H2. The van der Waals surface area contributed by atoms with Crippen molar-refractivity contribution in [1.29, 1.82) is 0 Å². The van der Waals surface area contributed by atoms with E-state index in [2.05, 4.69) is 9.80 Å². The predicted molar refractivity (Wildman–Crippen MR) is 321 cm³/mol. The van der Waals surface area contributed by atoms with E-state index < -0.39 is 22.0 Å². The summed E-state index contributed by atoms with van der Waals surface area (Å²) >= 11 is 25.4. The quantitative estimate of drug-likeness (QED) is 0.0977. The Morgan fingerprint density at radius 1 is 0.443 bits per heavy atom. The highest BCUT2D eigenvalue weighted by molar-refractivity contribution is 6.42. The fourth-order valence-electron chi connectivity index (χ4n) is 11.6. The minimum atomic E-state index is -0.755. The minimum absolute atomic E-state index is 0. The molecular formula is C62H72Cl6N4O7. The number of carbonyl (C=O) groups is 2. The van der Waals surface area contributed by atoms with Gasteiger partial charge in [-0.1, -0.05) is 180 Å². The van der Waals surface area contributed by atoms with Crippen LogP contribution >= 0.6 is 71.2 Å². The van der Waals surface area contributed by atoms with Crippen molar-refractivity contribution in [3.8, 4) is 0 Å². The number of amides is 2.